The SMILES string of the molecule is CCN1C(=O)CCC[C@@]12CCCN(C(=O)CNC(=O)OCc1ccccc1)C2. The largest absolute Gasteiger partial charge is 0.445 e. The molecular formula is C21H29N3O4. The second-order valence-corrected chi connectivity index (χ2v) is 7.55. The molecule has 1 atom stereocenters. The molecule has 2 saturated heterocycles. The van der Waals surface area contributed by atoms with Crippen LogP contribution in [0.2, 0.25) is 0 Å². The molecule has 0 saturated carbocycles. The van der Waals surface area contributed by atoms with Gasteiger partial charge in [0.05, 0.1) is 5.54 Å². The summed E-state index contributed by atoms with van der Waals surface area (Å²) in [6, 6.07) is 9.39. The standard InChI is InChI=1S/C21H29N3O4/c1-2-24-18(25)10-6-11-21(24)12-7-13-23(16-21)19(26)14-22-20(27)28-15-17-8-4-3-5-9-17/h3-5,8-9H,2,6-7,10-16H2,1H3,(H,22,27)/t21-/m0/s1. The Kier molecular flexibility index (Phi) is 6.54. The van der Waals surface area contributed by atoms with Crippen LogP contribution in [0.4, 0.5) is 4.79 Å². The second-order valence-electron chi connectivity index (χ2n) is 7.55. The lowest BCUT2D eigenvalue weighted by atomic mass is 9.79. The van der Waals surface area contributed by atoms with Crippen LogP contribution in [-0.4, -0.2) is 59.4 Å². The molecule has 0 aliphatic carbocycles. The molecular weight excluding hydrogens is 358 g/mol. The van der Waals surface area contributed by atoms with E-state index >= 15 is 0 Å². The van der Waals surface area contributed by atoms with Gasteiger partial charge in [0, 0.05) is 26.1 Å². The van der Waals surface area contributed by atoms with Crippen molar-refractivity contribution in [2.75, 3.05) is 26.2 Å². The van der Waals surface area contributed by atoms with E-state index in [1.54, 1.807) is 4.90 Å². The molecule has 1 aromatic rings. The summed E-state index contributed by atoms with van der Waals surface area (Å²) >= 11 is 0. The lowest BCUT2D eigenvalue weighted by molar-refractivity contribution is -0.149. The van der Waals surface area contributed by atoms with E-state index in [2.05, 4.69) is 5.32 Å². The smallest absolute Gasteiger partial charge is 0.407 e. The van der Waals surface area contributed by atoms with Gasteiger partial charge in [-0.25, -0.2) is 4.79 Å². The van der Waals surface area contributed by atoms with Crippen LogP contribution in [0.1, 0.15) is 44.6 Å². The Hall–Kier alpha value is -2.57. The quantitative estimate of drug-likeness (QED) is 0.841. The average Bonchev–Trinajstić information content (AvgIpc) is 2.71. The molecule has 2 aliphatic rings. The van der Waals surface area contributed by atoms with Gasteiger partial charge >= 0.3 is 6.09 Å². The first kappa shape index (κ1) is 20.2. The Bertz CT molecular complexity index is 705. The van der Waals surface area contributed by atoms with Crippen LogP contribution in [-0.2, 0) is 20.9 Å². The fourth-order valence-corrected chi connectivity index (χ4v) is 4.40. The molecule has 0 aromatic heterocycles. The van der Waals surface area contributed by atoms with Crippen LogP contribution < -0.4 is 5.32 Å². The molecule has 152 valence electrons. The molecule has 3 amide bonds. The Labute approximate surface area is 166 Å². The molecule has 2 heterocycles. The number of likely N-dealkylation sites (N-methyl/N-ethyl adjacent to an activating group) is 1. The maximum absolute atomic E-state index is 12.6. The Morgan fingerprint density at radius 3 is 2.68 bits per heavy atom. The minimum atomic E-state index is -0.605. The van der Waals surface area contributed by atoms with Crippen molar-refractivity contribution in [3.05, 3.63) is 35.9 Å². The van der Waals surface area contributed by atoms with E-state index in [0.717, 1.165) is 31.2 Å². The molecule has 2 fully saturated rings. The summed E-state index contributed by atoms with van der Waals surface area (Å²) < 4.78 is 5.15. The molecule has 28 heavy (non-hydrogen) atoms. The van der Waals surface area contributed by atoms with Gasteiger partial charge in [-0.2, -0.15) is 0 Å². The number of rotatable bonds is 5. The highest BCUT2D eigenvalue weighted by Crippen LogP contribution is 2.36. The second kappa shape index (κ2) is 9.08. The maximum atomic E-state index is 12.6. The predicted molar refractivity (Wildman–Crippen MR) is 104 cm³/mol. The zero-order chi connectivity index (χ0) is 20.0. The maximum Gasteiger partial charge on any atom is 0.407 e. The zero-order valence-corrected chi connectivity index (χ0v) is 16.5. The molecule has 0 radical (unpaired) electrons. The zero-order valence-electron chi connectivity index (χ0n) is 16.5. The van der Waals surface area contributed by atoms with E-state index in [9.17, 15) is 14.4 Å². The van der Waals surface area contributed by atoms with E-state index in [4.69, 9.17) is 4.74 Å². The van der Waals surface area contributed by atoms with Crippen LogP contribution in [0.15, 0.2) is 30.3 Å². The highest BCUT2D eigenvalue weighted by molar-refractivity contribution is 5.83. The van der Waals surface area contributed by atoms with Crippen LogP contribution in [0.3, 0.4) is 0 Å². The molecule has 3 rings (SSSR count). The Balaban J connectivity index is 1.50. The summed E-state index contributed by atoms with van der Waals surface area (Å²) in [4.78, 5) is 40.6. The van der Waals surface area contributed by atoms with Crippen molar-refractivity contribution >= 4 is 17.9 Å². The number of hydrogen-bond acceptors (Lipinski definition) is 4. The van der Waals surface area contributed by atoms with Crippen LogP contribution in [0.5, 0.6) is 0 Å². The molecule has 1 spiro atoms. The van der Waals surface area contributed by atoms with E-state index in [-0.39, 0.29) is 30.5 Å². The number of ether oxygens (including phenoxy) is 1. The number of amides is 3. The molecule has 7 heteroatoms. The van der Waals surface area contributed by atoms with Gasteiger partial charge in [-0.1, -0.05) is 30.3 Å². The number of carbonyl (C=O) groups is 3. The Morgan fingerprint density at radius 1 is 1.18 bits per heavy atom. The topological polar surface area (TPSA) is 79.0 Å². The predicted octanol–water partition coefficient (Wildman–Crippen LogP) is 2.31. The van der Waals surface area contributed by atoms with Gasteiger partial charge in [-0.3, -0.25) is 9.59 Å². The number of piperidine rings is 2. The van der Waals surface area contributed by atoms with Crippen molar-refractivity contribution in [3.8, 4) is 0 Å². The van der Waals surface area contributed by atoms with Gasteiger partial charge in [0.15, 0.2) is 0 Å². The lowest BCUT2D eigenvalue weighted by Crippen LogP contribution is -2.63. The average molecular weight is 387 g/mol. The molecule has 0 bridgehead atoms. The Morgan fingerprint density at radius 2 is 1.93 bits per heavy atom. The fraction of sp³-hybridized carbons (Fsp3) is 0.571. The molecule has 2 aliphatic heterocycles. The normalized spacial score (nSPS) is 22.2. The first-order valence-corrected chi connectivity index (χ1v) is 10.1. The number of benzene rings is 1. The third kappa shape index (κ3) is 4.64. The van der Waals surface area contributed by atoms with Crippen molar-refractivity contribution in [2.24, 2.45) is 0 Å². The highest BCUT2D eigenvalue weighted by Gasteiger charge is 2.45. The van der Waals surface area contributed by atoms with E-state index in [0.29, 0.717) is 26.1 Å². The molecule has 1 aromatic carbocycles. The van der Waals surface area contributed by atoms with Gasteiger partial charge in [0.1, 0.15) is 13.2 Å². The van der Waals surface area contributed by atoms with E-state index in [1.165, 1.54) is 0 Å². The van der Waals surface area contributed by atoms with Crippen molar-refractivity contribution in [1.82, 2.24) is 15.1 Å². The van der Waals surface area contributed by atoms with E-state index < -0.39 is 6.09 Å². The minimum Gasteiger partial charge on any atom is -0.445 e. The summed E-state index contributed by atoms with van der Waals surface area (Å²) in [6.07, 6.45) is 3.60. The number of carbonyl (C=O) groups excluding carboxylic acids is 3. The van der Waals surface area contributed by atoms with E-state index in [1.807, 2.05) is 42.2 Å². The summed E-state index contributed by atoms with van der Waals surface area (Å²) in [5.74, 6) is 0.0514. The number of nitrogens with one attached hydrogen (secondary N) is 1. The number of likely N-dealkylation sites (tertiary alicyclic amines) is 2. The monoisotopic (exact) mass is 387 g/mol. The first-order chi connectivity index (χ1) is 13.5. The van der Waals surface area contributed by atoms with Crippen LogP contribution >= 0.6 is 0 Å². The fourth-order valence-electron chi connectivity index (χ4n) is 4.40. The number of hydrogen-bond donors (Lipinski definition) is 1. The van der Waals surface area contributed by atoms with Gasteiger partial charge in [-0.05, 0) is 38.2 Å². The minimum absolute atomic E-state index is 0.0935. The summed E-state index contributed by atoms with van der Waals surface area (Å²) in [5.41, 5.74) is 0.648. The lowest BCUT2D eigenvalue weighted by Gasteiger charge is -2.51. The summed E-state index contributed by atoms with van der Waals surface area (Å²) in [5, 5.41) is 2.54. The van der Waals surface area contributed by atoms with Gasteiger partial charge < -0.3 is 19.9 Å². The van der Waals surface area contributed by atoms with Gasteiger partial charge in [0.2, 0.25) is 11.8 Å². The number of alkyl carbamates (subject to hydrolysis) is 1. The third-order valence-electron chi connectivity index (χ3n) is 5.73. The van der Waals surface area contributed by atoms with Crippen LogP contribution in [0.25, 0.3) is 0 Å². The van der Waals surface area contributed by atoms with Crippen LogP contribution in [0, 0.1) is 0 Å². The molecule has 7 nitrogen and oxygen atoms in total. The van der Waals surface area contributed by atoms with Gasteiger partial charge in [0.25, 0.3) is 0 Å². The van der Waals surface area contributed by atoms with Crippen molar-refractivity contribution < 1.29 is 19.1 Å². The summed E-state index contributed by atoms with van der Waals surface area (Å²) in [7, 11) is 0. The summed E-state index contributed by atoms with van der Waals surface area (Å²) in [6.45, 7) is 3.95. The molecule has 1 N–H and O–H groups in total. The highest BCUT2D eigenvalue weighted by atomic mass is 16.5. The van der Waals surface area contributed by atoms with Crippen molar-refractivity contribution in [3.63, 3.8) is 0 Å². The van der Waals surface area contributed by atoms with Crippen molar-refractivity contribution in [2.45, 2.75) is 51.2 Å². The molecule has 0 unspecified atom stereocenters. The van der Waals surface area contributed by atoms with Crippen molar-refractivity contribution in [1.29, 1.82) is 0 Å². The third-order valence-corrected chi connectivity index (χ3v) is 5.73. The number of nitrogens with zero attached hydrogens (tertiary/aromatic N) is 2. The van der Waals surface area contributed by atoms with Gasteiger partial charge in [-0.15, -0.1) is 0 Å². The first-order valence-electron chi connectivity index (χ1n) is 10.1.